The molecule has 0 fully saturated rings. The van der Waals surface area contributed by atoms with E-state index in [1.54, 1.807) is 91.0 Å². The lowest BCUT2D eigenvalue weighted by atomic mass is 9.82. The van der Waals surface area contributed by atoms with Crippen LogP contribution in [0.25, 0.3) is 32.9 Å². The predicted octanol–water partition coefficient (Wildman–Crippen LogP) is 5.35. The average molecular weight is 785 g/mol. The van der Waals surface area contributed by atoms with E-state index in [9.17, 15) is 29.4 Å². The summed E-state index contributed by atoms with van der Waals surface area (Å²) in [6.45, 7) is 2.03. The van der Waals surface area contributed by atoms with Crippen LogP contribution in [-0.2, 0) is 34.7 Å². The molecule has 0 spiro atoms. The minimum absolute atomic E-state index is 0.00178. The van der Waals surface area contributed by atoms with E-state index in [0.29, 0.717) is 51.7 Å². The van der Waals surface area contributed by atoms with Crippen molar-refractivity contribution < 1.29 is 19.8 Å². The van der Waals surface area contributed by atoms with Crippen molar-refractivity contribution in [1.82, 2.24) is 24.5 Å². The van der Waals surface area contributed by atoms with Gasteiger partial charge in [0, 0.05) is 35.2 Å². The van der Waals surface area contributed by atoms with Gasteiger partial charge in [-0.1, -0.05) is 91.9 Å². The van der Waals surface area contributed by atoms with E-state index in [4.69, 9.17) is 0 Å². The zero-order valence-electron chi connectivity index (χ0n) is 32.2. The third-order valence-corrected chi connectivity index (χ3v) is 11.7. The van der Waals surface area contributed by atoms with Gasteiger partial charge in [-0.2, -0.15) is 19.6 Å². The molecule has 5 aromatic carbocycles. The van der Waals surface area contributed by atoms with Gasteiger partial charge in [0.1, 0.15) is 0 Å². The molecule has 0 saturated heterocycles. The quantitative estimate of drug-likeness (QED) is 0.186. The van der Waals surface area contributed by atoms with E-state index in [2.05, 4.69) is 10.2 Å². The normalized spacial score (nSPS) is 18.1. The van der Waals surface area contributed by atoms with Gasteiger partial charge in [-0.15, -0.1) is 0 Å². The van der Waals surface area contributed by atoms with E-state index in [-0.39, 0.29) is 42.6 Å². The van der Waals surface area contributed by atoms with Crippen LogP contribution in [0, 0.1) is 5.92 Å². The van der Waals surface area contributed by atoms with Gasteiger partial charge >= 0.3 is 0 Å². The maximum atomic E-state index is 14.6. The third kappa shape index (κ3) is 6.52. The predicted molar refractivity (Wildman–Crippen MR) is 224 cm³/mol. The number of hydrogen-bond donors (Lipinski definition) is 2. The molecule has 9 rings (SSSR count). The van der Waals surface area contributed by atoms with Crippen molar-refractivity contribution in [1.29, 1.82) is 0 Å². The van der Waals surface area contributed by atoms with E-state index in [0.717, 1.165) is 22.1 Å². The van der Waals surface area contributed by atoms with Crippen LogP contribution < -0.4 is 16.0 Å². The summed E-state index contributed by atoms with van der Waals surface area (Å²) < 4.78 is 2.59. The maximum absolute atomic E-state index is 14.6. The zero-order valence-corrected chi connectivity index (χ0v) is 32.2. The Balaban J connectivity index is 1.03. The molecule has 294 valence electrons. The minimum atomic E-state index is -2.08. The van der Waals surface area contributed by atoms with Crippen molar-refractivity contribution in [2.45, 2.75) is 44.5 Å². The van der Waals surface area contributed by atoms with E-state index >= 15 is 0 Å². The third-order valence-electron chi connectivity index (χ3n) is 11.7. The fourth-order valence-electron chi connectivity index (χ4n) is 8.37. The Morgan fingerprint density at radius 2 is 1.39 bits per heavy atom. The lowest BCUT2D eigenvalue weighted by molar-refractivity contribution is -0.139. The number of benzene rings is 5. The van der Waals surface area contributed by atoms with Gasteiger partial charge in [0.05, 0.1) is 59.4 Å². The van der Waals surface area contributed by atoms with Crippen LogP contribution in [0.1, 0.15) is 35.6 Å². The smallest absolute Gasteiger partial charge is 0.279 e. The molecule has 7 aromatic rings. The Bertz CT molecular complexity index is 2940. The molecule has 2 N–H and O–H groups in total. The second-order valence-electron chi connectivity index (χ2n) is 15.2. The van der Waals surface area contributed by atoms with Crippen LogP contribution in [0.4, 0.5) is 5.69 Å². The van der Waals surface area contributed by atoms with Gasteiger partial charge in [0.15, 0.2) is 5.60 Å². The number of carbonyl (C=O) groups is 2. The molecule has 59 heavy (non-hydrogen) atoms. The number of aromatic nitrogens is 4. The van der Waals surface area contributed by atoms with Crippen LogP contribution in [0.5, 0.6) is 0 Å². The standard InChI is InChI=1S/C47H40N6O6/c1-30(9-8-16-43(55)50-28-35-13-3-2-10-32(35)23-38(50)29-54)47(59)41-24-37(53-45(57)40-15-7-5-12-34(40)26-49-53)21-22-42(41)51(46(47)58)27-31-17-19-36(20-18-31)52-44(56)39-14-6-4-11-33(39)25-48-52/h2-15,17-22,24-26,30,38,54,59H,16,23,27-29H2,1H3/b9-8+/t30-,38+,47+/m1/s1. The molecule has 0 saturated carbocycles. The summed E-state index contributed by atoms with van der Waals surface area (Å²) in [7, 11) is 0. The van der Waals surface area contributed by atoms with E-state index in [1.165, 1.54) is 14.3 Å². The number of amides is 2. The topological polar surface area (TPSA) is 151 Å². The molecule has 0 radical (unpaired) electrons. The van der Waals surface area contributed by atoms with Crippen LogP contribution >= 0.6 is 0 Å². The summed E-state index contributed by atoms with van der Waals surface area (Å²) in [5.41, 5.74) is 1.89. The lowest BCUT2D eigenvalue weighted by Crippen LogP contribution is -2.46. The molecule has 2 aliphatic heterocycles. The van der Waals surface area contributed by atoms with Gasteiger partial charge in [-0.25, -0.2) is 0 Å². The highest BCUT2D eigenvalue weighted by Gasteiger charge is 2.52. The molecule has 2 aliphatic rings. The number of fused-ring (bicyclic) bond motifs is 4. The Labute approximate surface area is 338 Å². The van der Waals surface area contributed by atoms with E-state index in [1.807, 2.05) is 60.7 Å². The second-order valence-corrected chi connectivity index (χ2v) is 15.2. The first-order valence-corrected chi connectivity index (χ1v) is 19.5. The van der Waals surface area contributed by atoms with E-state index < -0.39 is 17.4 Å². The first kappa shape index (κ1) is 37.6. The monoisotopic (exact) mass is 784 g/mol. The molecular formula is C47H40N6O6. The highest BCUT2D eigenvalue weighted by Crippen LogP contribution is 2.46. The van der Waals surface area contributed by atoms with Crippen molar-refractivity contribution in [3.8, 4) is 11.4 Å². The molecule has 0 bridgehead atoms. The molecule has 2 aromatic heterocycles. The van der Waals surface area contributed by atoms with Crippen molar-refractivity contribution in [3.05, 3.63) is 183 Å². The van der Waals surface area contributed by atoms with Gasteiger partial charge in [-0.3, -0.25) is 19.2 Å². The zero-order chi connectivity index (χ0) is 40.8. The Morgan fingerprint density at radius 1 is 0.797 bits per heavy atom. The van der Waals surface area contributed by atoms with Crippen LogP contribution in [0.15, 0.2) is 149 Å². The van der Waals surface area contributed by atoms with Crippen LogP contribution in [-0.4, -0.2) is 59.1 Å². The number of carbonyl (C=O) groups excluding carboxylic acids is 2. The molecule has 3 atom stereocenters. The first-order valence-electron chi connectivity index (χ1n) is 19.5. The van der Waals surface area contributed by atoms with Crippen molar-refractivity contribution >= 4 is 39.0 Å². The van der Waals surface area contributed by atoms with Crippen LogP contribution in [0.2, 0.25) is 0 Å². The fraction of sp³-hybridized carbons (Fsp3) is 0.191. The van der Waals surface area contributed by atoms with Gasteiger partial charge < -0.3 is 20.0 Å². The Morgan fingerprint density at radius 3 is 2.05 bits per heavy atom. The first-order chi connectivity index (χ1) is 28.6. The molecule has 4 heterocycles. The molecule has 12 heteroatoms. The summed E-state index contributed by atoms with van der Waals surface area (Å²) in [4.78, 5) is 58.3. The second kappa shape index (κ2) is 15.1. The fourth-order valence-corrected chi connectivity index (χ4v) is 8.37. The SMILES string of the molecule is C[C@H](/C=C/CC(=O)N1Cc2ccccc2C[C@H]1CO)[C@@]1(O)C(=O)N(Cc2ccc(-n3ncc4ccccc4c3=O)cc2)c2ccc(-n3ncc4ccccc4c3=O)cc21. The number of aliphatic hydroxyl groups is 2. The van der Waals surface area contributed by atoms with Crippen molar-refractivity contribution in [3.63, 3.8) is 0 Å². The number of aliphatic hydroxyl groups excluding tert-OH is 1. The summed E-state index contributed by atoms with van der Waals surface area (Å²) in [5, 5.41) is 34.0. The number of nitrogens with zero attached hydrogens (tertiary/aromatic N) is 6. The molecule has 0 unspecified atom stereocenters. The van der Waals surface area contributed by atoms with Crippen molar-refractivity contribution in [2.75, 3.05) is 11.5 Å². The largest absolute Gasteiger partial charge is 0.394 e. The van der Waals surface area contributed by atoms with Gasteiger partial charge in [0.25, 0.3) is 17.0 Å². The van der Waals surface area contributed by atoms with Crippen molar-refractivity contribution in [2.24, 2.45) is 5.92 Å². The number of rotatable bonds is 9. The highest BCUT2D eigenvalue weighted by atomic mass is 16.3. The highest BCUT2D eigenvalue weighted by molar-refractivity contribution is 6.07. The average Bonchev–Trinajstić information content (AvgIpc) is 3.48. The van der Waals surface area contributed by atoms with Crippen LogP contribution in [0.3, 0.4) is 0 Å². The molecule has 2 amide bonds. The summed E-state index contributed by atoms with van der Waals surface area (Å²) in [5.74, 6) is -1.56. The molecule has 12 nitrogen and oxygen atoms in total. The number of hydrogen-bond acceptors (Lipinski definition) is 8. The van der Waals surface area contributed by atoms with Gasteiger partial charge in [-0.05, 0) is 65.6 Å². The Hall–Kier alpha value is -7.02. The number of anilines is 1. The van der Waals surface area contributed by atoms with Gasteiger partial charge in [0.2, 0.25) is 5.91 Å². The summed E-state index contributed by atoms with van der Waals surface area (Å²) in [6, 6.07) is 34.1. The Kier molecular flexibility index (Phi) is 9.58. The lowest BCUT2D eigenvalue weighted by Gasteiger charge is -2.36. The molecular weight excluding hydrogens is 745 g/mol. The minimum Gasteiger partial charge on any atom is -0.394 e. The molecule has 0 aliphatic carbocycles. The summed E-state index contributed by atoms with van der Waals surface area (Å²) >= 11 is 0. The maximum Gasteiger partial charge on any atom is 0.279 e. The summed E-state index contributed by atoms with van der Waals surface area (Å²) in [6.07, 6.45) is 7.14.